The molecular weight excluding hydrogens is 304 g/mol. The van der Waals surface area contributed by atoms with Gasteiger partial charge in [-0.3, -0.25) is 14.6 Å². The standard InChI is InChI=1S/C18H28N4O2/c1-5-14-6-7-16(19-11-14)13-21(4)18(24)15-10-17(23)22(12-15)9-8-20(2)3/h6-7,11,15H,5,8-10,12-13H2,1-4H3. The zero-order valence-corrected chi connectivity index (χ0v) is 15.2. The quantitative estimate of drug-likeness (QED) is 0.748. The summed E-state index contributed by atoms with van der Waals surface area (Å²) in [5.74, 6) is -0.134. The Morgan fingerprint density at radius 1 is 1.33 bits per heavy atom. The highest BCUT2D eigenvalue weighted by Crippen LogP contribution is 2.20. The van der Waals surface area contributed by atoms with Gasteiger partial charge in [0, 0.05) is 39.3 Å². The number of aromatic nitrogens is 1. The highest BCUT2D eigenvalue weighted by atomic mass is 16.2. The van der Waals surface area contributed by atoms with Crippen LogP contribution in [-0.4, -0.2) is 72.3 Å². The molecule has 1 aliphatic rings. The van der Waals surface area contributed by atoms with Crippen LogP contribution in [0, 0.1) is 5.92 Å². The van der Waals surface area contributed by atoms with E-state index in [4.69, 9.17) is 0 Å². The van der Waals surface area contributed by atoms with E-state index in [2.05, 4.69) is 11.9 Å². The van der Waals surface area contributed by atoms with Gasteiger partial charge < -0.3 is 14.7 Å². The maximum absolute atomic E-state index is 12.6. The molecule has 1 aromatic rings. The van der Waals surface area contributed by atoms with Crippen molar-refractivity contribution in [3.8, 4) is 0 Å². The monoisotopic (exact) mass is 332 g/mol. The summed E-state index contributed by atoms with van der Waals surface area (Å²) in [6.07, 6.45) is 3.13. The predicted octanol–water partition coefficient (Wildman–Crippen LogP) is 1.01. The van der Waals surface area contributed by atoms with E-state index in [-0.39, 0.29) is 17.7 Å². The van der Waals surface area contributed by atoms with Crippen molar-refractivity contribution in [3.63, 3.8) is 0 Å². The lowest BCUT2D eigenvalue weighted by Gasteiger charge is -2.22. The number of carbonyl (C=O) groups excluding carboxylic acids is 2. The van der Waals surface area contributed by atoms with E-state index in [9.17, 15) is 9.59 Å². The Balaban J connectivity index is 1.89. The number of hydrogen-bond acceptors (Lipinski definition) is 4. The van der Waals surface area contributed by atoms with Crippen LogP contribution in [0.25, 0.3) is 0 Å². The van der Waals surface area contributed by atoms with E-state index < -0.39 is 0 Å². The van der Waals surface area contributed by atoms with Gasteiger partial charge in [0.1, 0.15) is 0 Å². The Labute approximate surface area is 144 Å². The lowest BCUT2D eigenvalue weighted by atomic mass is 10.1. The Bertz CT molecular complexity index is 571. The average molecular weight is 332 g/mol. The molecule has 1 atom stereocenters. The Kier molecular flexibility index (Phi) is 6.31. The molecule has 2 heterocycles. The summed E-state index contributed by atoms with van der Waals surface area (Å²) in [6.45, 7) is 4.59. The largest absolute Gasteiger partial charge is 0.341 e. The van der Waals surface area contributed by atoms with Gasteiger partial charge in [-0.15, -0.1) is 0 Å². The van der Waals surface area contributed by atoms with Crippen LogP contribution in [0.2, 0.25) is 0 Å². The molecule has 1 unspecified atom stereocenters. The molecule has 0 saturated carbocycles. The van der Waals surface area contributed by atoms with Crippen molar-refractivity contribution in [3.05, 3.63) is 29.6 Å². The van der Waals surface area contributed by atoms with Crippen LogP contribution in [-0.2, 0) is 22.6 Å². The van der Waals surface area contributed by atoms with Gasteiger partial charge in [0.2, 0.25) is 11.8 Å². The van der Waals surface area contributed by atoms with Gasteiger partial charge in [0.15, 0.2) is 0 Å². The van der Waals surface area contributed by atoms with Crippen LogP contribution in [0.5, 0.6) is 0 Å². The van der Waals surface area contributed by atoms with Crippen molar-refractivity contribution in [2.45, 2.75) is 26.3 Å². The molecule has 6 heteroatoms. The fourth-order valence-corrected chi connectivity index (χ4v) is 2.86. The van der Waals surface area contributed by atoms with Crippen LogP contribution in [0.4, 0.5) is 0 Å². The second-order valence-corrected chi connectivity index (χ2v) is 6.75. The highest BCUT2D eigenvalue weighted by molar-refractivity contribution is 5.89. The first-order chi connectivity index (χ1) is 11.4. The van der Waals surface area contributed by atoms with E-state index in [1.54, 1.807) is 16.8 Å². The van der Waals surface area contributed by atoms with E-state index in [0.29, 0.717) is 26.1 Å². The lowest BCUT2D eigenvalue weighted by Crippen LogP contribution is -2.36. The van der Waals surface area contributed by atoms with Gasteiger partial charge in [-0.2, -0.15) is 0 Å². The van der Waals surface area contributed by atoms with E-state index >= 15 is 0 Å². The van der Waals surface area contributed by atoms with Crippen molar-refractivity contribution in [1.82, 2.24) is 19.7 Å². The summed E-state index contributed by atoms with van der Waals surface area (Å²) in [5, 5.41) is 0. The minimum Gasteiger partial charge on any atom is -0.341 e. The molecule has 0 aromatic carbocycles. The first-order valence-corrected chi connectivity index (χ1v) is 8.52. The zero-order chi connectivity index (χ0) is 17.7. The van der Waals surface area contributed by atoms with Crippen LogP contribution in [0.1, 0.15) is 24.6 Å². The predicted molar refractivity (Wildman–Crippen MR) is 93.3 cm³/mol. The molecule has 0 aliphatic carbocycles. The average Bonchev–Trinajstić information content (AvgIpc) is 2.93. The number of carbonyl (C=O) groups is 2. The lowest BCUT2D eigenvalue weighted by molar-refractivity contribution is -0.135. The second kappa shape index (κ2) is 8.24. The van der Waals surface area contributed by atoms with Crippen LogP contribution >= 0.6 is 0 Å². The second-order valence-electron chi connectivity index (χ2n) is 6.75. The minimum absolute atomic E-state index is 0.0251. The van der Waals surface area contributed by atoms with Gasteiger partial charge in [-0.1, -0.05) is 13.0 Å². The minimum atomic E-state index is -0.237. The third-order valence-electron chi connectivity index (χ3n) is 4.45. The van der Waals surface area contributed by atoms with Gasteiger partial charge in [0.05, 0.1) is 18.2 Å². The smallest absolute Gasteiger partial charge is 0.228 e. The third kappa shape index (κ3) is 4.77. The molecular formula is C18H28N4O2. The summed E-state index contributed by atoms with van der Waals surface area (Å²) in [6, 6.07) is 4.01. The third-order valence-corrected chi connectivity index (χ3v) is 4.45. The number of likely N-dealkylation sites (tertiary alicyclic amines) is 1. The first kappa shape index (κ1) is 18.4. The molecule has 0 radical (unpaired) electrons. The highest BCUT2D eigenvalue weighted by Gasteiger charge is 2.35. The molecule has 2 amide bonds. The molecule has 1 saturated heterocycles. The molecule has 0 bridgehead atoms. The summed E-state index contributed by atoms with van der Waals surface area (Å²) in [7, 11) is 5.74. The number of rotatable bonds is 7. The van der Waals surface area contributed by atoms with Crippen molar-refractivity contribution in [1.29, 1.82) is 0 Å². The summed E-state index contributed by atoms with van der Waals surface area (Å²) < 4.78 is 0. The molecule has 0 N–H and O–H groups in total. The number of likely N-dealkylation sites (N-methyl/N-ethyl adjacent to an activating group) is 1. The Morgan fingerprint density at radius 3 is 2.67 bits per heavy atom. The van der Waals surface area contributed by atoms with Crippen LogP contribution in [0.15, 0.2) is 18.3 Å². The topological polar surface area (TPSA) is 56.8 Å². The molecule has 132 valence electrons. The molecule has 1 aromatic heterocycles. The van der Waals surface area contributed by atoms with E-state index in [0.717, 1.165) is 18.7 Å². The zero-order valence-electron chi connectivity index (χ0n) is 15.2. The number of amides is 2. The van der Waals surface area contributed by atoms with E-state index in [1.807, 2.05) is 37.3 Å². The molecule has 6 nitrogen and oxygen atoms in total. The van der Waals surface area contributed by atoms with Crippen molar-refractivity contribution < 1.29 is 9.59 Å². The van der Waals surface area contributed by atoms with Gasteiger partial charge >= 0.3 is 0 Å². The fraction of sp³-hybridized carbons (Fsp3) is 0.611. The molecule has 0 spiro atoms. The van der Waals surface area contributed by atoms with Crippen molar-refractivity contribution in [2.24, 2.45) is 5.92 Å². The SMILES string of the molecule is CCc1ccc(CN(C)C(=O)C2CC(=O)N(CCN(C)C)C2)nc1. The molecule has 2 rings (SSSR count). The maximum Gasteiger partial charge on any atom is 0.228 e. The van der Waals surface area contributed by atoms with Crippen molar-refractivity contribution in [2.75, 3.05) is 40.8 Å². The first-order valence-electron chi connectivity index (χ1n) is 8.52. The number of hydrogen-bond donors (Lipinski definition) is 0. The van der Waals surface area contributed by atoms with Crippen molar-refractivity contribution >= 4 is 11.8 Å². The van der Waals surface area contributed by atoms with Crippen LogP contribution in [0.3, 0.4) is 0 Å². The Morgan fingerprint density at radius 2 is 2.08 bits per heavy atom. The number of nitrogens with zero attached hydrogens (tertiary/aromatic N) is 4. The number of aryl methyl sites for hydroxylation is 1. The normalized spacial score (nSPS) is 17.6. The summed E-state index contributed by atoms with van der Waals surface area (Å²) >= 11 is 0. The molecule has 1 fully saturated rings. The number of pyridine rings is 1. The maximum atomic E-state index is 12.6. The molecule has 24 heavy (non-hydrogen) atoms. The van der Waals surface area contributed by atoms with Crippen LogP contribution < -0.4 is 0 Å². The fourth-order valence-electron chi connectivity index (χ4n) is 2.86. The molecule has 1 aliphatic heterocycles. The van der Waals surface area contributed by atoms with Gasteiger partial charge in [-0.25, -0.2) is 0 Å². The van der Waals surface area contributed by atoms with Gasteiger partial charge in [-0.05, 0) is 32.1 Å². The van der Waals surface area contributed by atoms with E-state index in [1.165, 1.54) is 5.56 Å². The summed E-state index contributed by atoms with van der Waals surface area (Å²) in [5.41, 5.74) is 2.06. The Hall–Kier alpha value is -1.95. The van der Waals surface area contributed by atoms with Gasteiger partial charge in [0.25, 0.3) is 0 Å². The summed E-state index contributed by atoms with van der Waals surface area (Å²) in [4.78, 5) is 34.6.